The zero-order valence-corrected chi connectivity index (χ0v) is 12.9. The second kappa shape index (κ2) is 8.34. The summed E-state index contributed by atoms with van der Waals surface area (Å²) >= 11 is 0. The molecule has 0 bridgehead atoms. The second-order valence-corrected chi connectivity index (χ2v) is 14.4. The molecule has 89 valence electrons. The molecule has 14 heavy (non-hydrogen) atoms. The molecule has 6 heteroatoms. The standard InChI is InChI=1S/C8H16N.4ClH.Fe/c1-5-6-7-9-8(2,3)4;;;;;/h5-6H2,1-4H3;4*1H;/q+1;;;;;+3/p-4. The van der Waals surface area contributed by atoms with Crippen molar-refractivity contribution in [1.82, 2.24) is 0 Å². The van der Waals surface area contributed by atoms with Crippen LogP contribution < -0.4 is 0 Å². The van der Waals surface area contributed by atoms with Crippen LogP contribution in [0.3, 0.4) is 0 Å². The quantitative estimate of drug-likeness (QED) is 0.547. The summed E-state index contributed by atoms with van der Waals surface area (Å²) in [4.78, 5) is 4.20. The van der Waals surface area contributed by atoms with Gasteiger partial charge in [-0.05, 0) is 6.42 Å². The van der Waals surface area contributed by atoms with Crippen LogP contribution in [0.5, 0.6) is 0 Å². The van der Waals surface area contributed by atoms with Crippen molar-refractivity contribution < 1.29 is 9.20 Å². The first-order valence-electron chi connectivity index (χ1n) is 4.04. The Bertz CT molecular complexity index is 190. The summed E-state index contributed by atoms with van der Waals surface area (Å²) in [5.41, 5.74) is 0.0647. The van der Waals surface area contributed by atoms with Gasteiger partial charge in [-0.3, -0.25) is 0 Å². The fraction of sp³-hybridized carbons (Fsp3) is 0.875. The van der Waals surface area contributed by atoms with Crippen molar-refractivity contribution >= 4 is 40.4 Å². The summed E-state index contributed by atoms with van der Waals surface area (Å²) in [7, 11) is 17.2. The molecule has 0 aliphatic rings. The molecule has 0 aromatic carbocycles. The first kappa shape index (κ1) is 17.6. The number of hydrogen-bond donors (Lipinski definition) is 0. The SMILES string of the molecule is CCCC#[N+]C(C)(C)C.[Cl][Fe-]([Cl])([Cl])[Cl]. The van der Waals surface area contributed by atoms with Crippen LogP contribution in [0.1, 0.15) is 40.5 Å². The van der Waals surface area contributed by atoms with Gasteiger partial charge in [0.05, 0.1) is 6.42 Å². The third kappa shape index (κ3) is 37.9. The predicted octanol–water partition coefficient (Wildman–Crippen LogP) is 5.67. The monoisotopic (exact) mass is 322 g/mol. The molecule has 0 aliphatic heterocycles. The van der Waals surface area contributed by atoms with Crippen LogP contribution in [-0.2, 0) is 9.20 Å². The van der Waals surface area contributed by atoms with E-state index < -0.39 is 9.20 Å². The van der Waals surface area contributed by atoms with Crippen molar-refractivity contribution in [2.24, 2.45) is 0 Å². The number of hydrogen-bond acceptors (Lipinski definition) is 0. The fourth-order valence-electron chi connectivity index (χ4n) is 0.405. The first-order chi connectivity index (χ1) is 6.06. The topological polar surface area (TPSA) is 4.36 Å². The van der Waals surface area contributed by atoms with Gasteiger partial charge in [-0.1, -0.05) is 11.8 Å². The minimum atomic E-state index is -2.61. The number of rotatable bonds is 1. The Morgan fingerprint density at radius 2 is 1.50 bits per heavy atom. The van der Waals surface area contributed by atoms with Gasteiger partial charge in [-0.15, -0.1) is 0 Å². The van der Waals surface area contributed by atoms with Gasteiger partial charge < -0.3 is 0 Å². The molecular weight excluding hydrogens is 308 g/mol. The molecule has 0 aromatic heterocycles. The van der Waals surface area contributed by atoms with Crippen LogP contribution in [-0.4, -0.2) is 5.54 Å². The number of nitrogens with zero attached hydrogens (tertiary/aromatic N) is 1. The van der Waals surface area contributed by atoms with E-state index in [2.05, 4.69) is 38.6 Å². The summed E-state index contributed by atoms with van der Waals surface area (Å²) in [5.74, 6) is 0. The van der Waals surface area contributed by atoms with Crippen LogP contribution in [0.2, 0.25) is 0 Å². The Morgan fingerprint density at radius 3 is 1.71 bits per heavy atom. The van der Waals surface area contributed by atoms with E-state index in [1.807, 2.05) is 0 Å². The maximum atomic E-state index is 4.95. The normalized spacial score (nSPS) is 12.0. The van der Waals surface area contributed by atoms with Gasteiger partial charge in [0.25, 0.3) is 11.6 Å². The average Bonchev–Trinajstić information content (AvgIpc) is 1.80. The van der Waals surface area contributed by atoms with Gasteiger partial charge in [-0.2, -0.15) is 0 Å². The summed E-state index contributed by atoms with van der Waals surface area (Å²) in [6.45, 7) is 8.37. The molecule has 0 radical (unpaired) electrons. The molecule has 0 unspecified atom stereocenters. The van der Waals surface area contributed by atoms with E-state index in [-0.39, 0.29) is 5.54 Å². The van der Waals surface area contributed by atoms with Crippen molar-refractivity contribution in [3.05, 3.63) is 4.85 Å². The number of halogens is 4. The van der Waals surface area contributed by atoms with Gasteiger partial charge in [0.15, 0.2) is 0 Å². The van der Waals surface area contributed by atoms with E-state index in [9.17, 15) is 0 Å². The Morgan fingerprint density at radius 1 is 1.14 bits per heavy atom. The summed E-state index contributed by atoms with van der Waals surface area (Å²) in [6.07, 6.45) is 2.12. The van der Waals surface area contributed by atoms with Crippen molar-refractivity contribution in [1.29, 1.82) is 0 Å². The van der Waals surface area contributed by atoms with Crippen LogP contribution in [0, 0.1) is 6.07 Å². The van der Waals surface area contributed by atoms with E-state index in [0.717, 1.165) is 12.8 Å². The summed E-state index contributed by atoms with van der Waals surface area (Å²) < 4.78 is 0. The molecule has 0 saturated heterocycles. The third-order valence-corrected chi connectivity index (χ3v) is 0.776. The Kier molecular flexibility index (Phi) is 10.5. The molecule has 0 rings (SSSR count). The van der Waals surface area contributed by atoms with Gasteiger partial charge in [0, 0.05) is 20.8 Å². The minimum absolute atomic E-state index is 0.0647. The molecule has 0 aromatic rings. The maximum absolute atomic E-state index is 4.95. The molecule has 0 fully saturated rings. The third-order valence-electron chi connectivity index (χ3n) is 0.776. The van der Waals surface area contributed by atoms with Crippen molar-refractivity contribution in [2.45, 2.75) is 46.1 Å². The van der Waals surface area contributed by atoms with Crippen molar-refractivity contribution in [3.63, 3.8) is 0 Å². The number of unbranched alkanes of at least 4 members (excludes halogenated alkanes) is 1. The van der Waals surface area contributed by atoms with E-state index in [4.69, 9.17) is 40.4 Å². The predicted molar refractivity (Wildman–Crippen MR) is 65.3 cm³/mol. The van der Waals surface area contributed by atoms with E-state index >= 15 is 0 Å². The molecule has 1 nitrogen and oxygen atoms in total. The summed E-state index contributed by atoms with van der Waals surface area (Å²) in [6, 6.07) is 3.00. The van der Waals surface area contributed by atoms with E-state index in [1.54, 1.807) is 0 Å². The van der Waals surface area contributed by atoms with Crippen molar-refractivity contribution in [2.75, 3.05) is 0 Å². The fourth-order valence-corrected chi connectivity index (χ4v) is 0.405. The van der Waals surface area contributed by atoms with E-state index in [0.29, 0.717) is 0 Å². The Hall–Kier alpha value is 1.17. The molecule has 0 spiro atoms. The molecule has 0 saturated carbocycles. The molecular formula is C8H16Cl4FeN. The molecule has 0 aliphatic carbocycles. The van der Waals surface area contributed by atoms with E-state index in [1.165, 1.54) is 0 Å². The van der Waals surface area contributed by atoms with Crippen molar-refractivity contribution in [3.8, 4) is 6.07 Å². The van der Waals surface area contributed by atoms with Gasteiger partial charge in [0.2, 0.25) is 0 Å². The molecule has 0 amide bonds. The molecule has 0 N–H and O–H groups in total. The Balaban J connectivity index is 0. The average molecular weight is 324 g/mol. The van der Waals surface area contributed by atoms with Gasteiger partial charge >= 0.3 is 49.6 Å². The van der Waals surface area contributed by atoms with Crippen LogP contribution in [0.15, 0.2) is 0 Å². The van der Waals surface area contributed by atoms with Gasteiger partial charge in [-0.25, -0.2) is 0 Å². The van der Waals surface area contributed by atoms with Crippen LogP contribution in [0.25, 0.3) is 4.85 Å². The second-order valence-electron chi connectivity index (χ2n) is 3.49. The first-order valence-corrected chi connectivity index (χ1v) is 10.1. The molecule has 0 atom stereocenters. The van der Waals surface area contributed by atoms with Gasteiger partial charge in [0.1, 0.15) is 0 Å². The summed E-state index contributed by atoms with van der Waals surface area (Å²) in [5, 5.41) is 0. The Labute approximate surface area is 106 Å². The van der Waals surface area contributed by atoms with Crippen LogP contribution in [0.4, 0.5) is 0 Å². The van der Waals surface area contributed by atoms with Crippen LogP contribution >= 0.6 is 40.4 Å². The zero-order chi connectivity index (χ0) is 11.8. The molecule has 0 heterocycles. The zero-order valence-electron chi connectivity index (χ0n) is 8.73.